The first-order valence-corrected chi connectivity index (χ1v) is 4.97. The van der Waals surface area contributed by atoms with E-state index in [0.717, 1.165) is 11.0 Å². The monoisotopic (exact) mass is 247 g/mol. The molecule has 3 nitrogen and oxygen atoms in total. The number of aliphatic hydroxyl groups excluding tert-OH is 1. The number of alkyl halides is 2. The molecule has 0 saturated carbocycles. The Morgan fingerprint density at radius 3 is 2.65 bits per heavy atom. The van der Waals surface area contributed by atoms with Crippen LogP contribution < -0.4 is 4.90 Å². The zero-order chi connectivity index (χ0) is 12.8. The number of halogens is 3. The largest absolute Gasteiger partial charge is 0.395 e. The molecule has 0 atom stereocenters. The summed E-state index contributed by atoms with van der Waals surface area (Å²) in [6, 6.07) is 3.74. The highest BCUT2D eigenvalue weighted by Gasteiger charge is 2.18. The third-order valence-electron chi connectivity index (χ3n) is 2.19. The lowest BCUT2D eigenvalue weighted by molar-refractivity contribution is 0.112. The molecule has 0 aliphatic heterocycles. The van der Waals surface area contributed by atoms with Crippen molar-refractivity contribution < 1.29 is 23.1 Å². The van der Waals surface area contributed by atoms with Gasteiger partial charge in [-0.3, -0.25) is 4.79 Å². The molecule has 0 spiro atoms. The summed E-state index contributed by atoms with van der Waals surface area (Å²) >= 11 is 0. The van der Waals surface area contributed by atoms with E-state index in [4.69, 9.17) is 5.11 Å². The first-order chi connectivity index (χ1) is 8.10. The van der Waals surface area contributed by atoms with E-state index >= 15 is 0 Å². The molecule has 0 bridgehead atoms. The van der Waals surface area contributed by atoms with Gasteiger partial charge < -0.3 is 10.0 Å². The lowest BCUT2D eigenvalue weighted by atomic mass is 10.1. The predicted molar refractivity (Wildman–Crippen MR) is 57.1 cm³/mol. The number of aldehydes is 1. The van der Waals surface area contributed by atoms with Crippen LogP contribution in [0, 0.1) is 5.82 Å². The molecule has 0 radical (unpaired) electrons. The standard InChI is InChI=1S/C11H12F3NO2/c12-9-3-1-2-8(7-17)11(9)15(4-5-16)6-10(13)14/h1-3,7,10,16H,4-6H2. The number of rotatable bonds is 6. The normalized spacial score (nSPS) is 10.6. The second-order valence-corrected chi connectivity index (χ2v) is 3.36. The van der Waals surface area contributed by atoms with E-state index in [2.05, 4.69) is 0 Å². The molecule has 0 fully saturated rings. The van der Waals surface area contributed by atoms with Gasteiger partial charge in [-0.15, -0.1) is 0 Å². The first-order valence-electron chi connectivity index (χ1n) is 4.97. The summed E-state index contributed by atoms with van der Waals surface area (Å²) in [5, 5.41) is 8.77. The minimum absolute atomic E-state index is 0.0147. The second kappa shape index (κ2) is 6.24. The van der Waals surface area contributed by atoms with Gasteiger partial charge in [0.2, 0.25) is 0 Å². The number of anilines is 1. The number of hydrogen-bond donors (Lipinski definition) is 1. The molecule has 1 aromatic carbocycles. The summed E-state index contributed by atoms with van der Waals surface area (Å²) in [7, 11) is 0. The van der Waals surface area contributed by atoms with Gasteiger partial charge in [0.15, 0.2) is 6.29 Å². The number of carbonyl (C=O) groups is 1. The van der Waals surface area contributed by atoms with E-state index in [1.165, 1.54) is 12.1 Å². The van der Waals surface area contributed by atoms with Crippen LogP contribution in [0.2, 0.25) is 0 Å². The predicted octanol–water partition coefficient (Wildman–Crippen LogP) is 1.70. The Kier molecular flexibility index (Phi) is 4.96. The van der Waals surface area contributed by atoms with Gasteiger partial charge in [-0.1, -0.05) is 6.07 Å². The minimum Gasteiger partial charge on any atom is -0.395 e. The molecular weight excluding hydrogens is 235 g/mol. The highest BCUT2D eigenvalue weighted by atomic mass is 19.3. The van der Waals surface area contributed by atoms with Crippen molar-refractivity contribution in [3.63, 3.8) is 0 Å². The molecule has 17 heavy (non-hydrogen) atoms. The van der Waals surface area contributed by atoms with Gasteiger partial charge in [-0.25, -0.2) is 13.2 Å². The molecule has 6 heteroatoms. The van der Waals surface area contributed by atoms with Crippen LogP contribution in [0.1, 0.15) is 10.4 Å². The Balaban J connectivity index is 3.11. The zero-order valence-electron chi connectivity index (χ0n) is 8.94. The topological polar surface area (TPSA) is 40.5 Å². The van der Waals surface area contributed by atoms with E-state index in [-0.39, 0.29) is 17.8 Å². The SMILES string of the molecule is O=Cc1cccc(F)c1N(CCO)CC(F)F. The van der Waals surface area contributed by atoms with Crippen molar-refractivity contribution in [3.05, 3.63) is 29.6 Å². The Morgan fingerprint density at radius 2 is 2.12 bits per heavy atom. The number of carbonyl (C=O) groups excluding carboxylic acids is 1. The van der Waals surface area contributed by atoms with Crippen molar-refractivity contribution in [3.8, 4) is 0 Å². The molecule has 0 saturated heterocycles. The molecule has 0 heterocycles. The number of aliphatic hydroxyl groups is 1. The van der Waals surface area contributed by atoms with E-state index in [1.54, 1.807) is 0 Å². The van der Waals surface area contributed by atoms with Crippen molar-refractivity contribution in [1.82, 2.24) is 0 Å². The molecule has 0 amide bonds. The summed E-state index contributed by atoms with van der Waals surface area (Å²) in [6.07, 6.45) is -2.28. The maximum Gasteiger partial charge on any atom is 0.255 e. The van der Waals surface area contributed by atoms with Crippen molar-refractivity contribution in [2.45, 2.75) is 6.43 Å². The number of para-hydroxylation sites is 1. The van der Waals surface area contributed by atoms with E-state index in [0.29, 0.717) is 6.29 Å². The Morgan fingerprint density at radius 1 is 1.41 bits per heavy atom. The van der Waals surface area contributed by atoms with Gasteiger partial charge >= 0.3 is 0 Å². The molecule has 0 aliphatic carbocycles. The Hall–Kier alpha value is -1.56. The number of hydrogen-bond acceptors (Lipinski definition) is 3. The molecule has 1 rings (SSSR count). The zero-order valence-corrected chi connectivity index (χ0v) is 8.94. The van der Waals surface area contributed by atoms with Crippen LogP contribution in [0.25, 0.3) is 0 Å². The van der Waals surface area contributed by atoms with Gasteiger partial charge in [-0.2, -0.15) is 0 Å². The van der Waals surface area contributed by atoms with Crippen LogP contribution in [-0.4, -0.2) is 37.5 Å². The fraction of sp³-hybridized carbons (Fsp3) is 0.364. The highest BCUT2D eigenvalue weighted by molar-refractivity contribution is 5.84. The van der Waals surface area contributed by atoms with Gasteiger partial charge in [0, 0.05) is 12.1 Å². The average molecular weight is 247 g/mol. The molecular formula is C11H12F3NO2. The van der Waals surface area contributed by atoms with Crippen molar-refractivity contribution >= 4 is 12.0 Å². The molecule has 94 valence electrons. The minimum atomic E-state index is -2.68. The van der Waals surface area contributed by atoms with Crippen LogP contribution in [0.15, 0.2) is 18.2 Å². The van der Waals surface area contributed by atoms with Crippen LogP contribution in [-0.2, 0) is 0 Å². The summed E-state index contributed by atoms with van der Waals surface area (Å²) in [6.45, 7) is -1.30. The van der Waals surface area contributed by atoms with Crippen molar-refractivity contribution in [1.29, 1.82) is 0 Å². The van der Waals surface area contributed by atoms with Gasteiger partial charge in [-0.05, 0) is 12.1 Å². The molecule has 1 aromatic rings. The van der Waals surface area contributed by atoms with Crippen LogP contribution in [0.3, 0.4) is 0 Å². The summed E-state index contributed by atoms with van der Waals surface area (Å²) in [5.74, 6) is -0.760. The van der Waals surface area contributed by atoms with Crippen LogP contribution >= 0.6 is 0 Å². The average Bonchev–Trinajstić information content (AvgIpc) is 2.27. The summed E-state index contributed by atoms with van der Waals surface area (Å²) < 4.78 is 38.2. The van der Waals surface area contributed by atoms with Crippen molar-refractivity contribution in [2.75, 3.05) is 24.6 Å². The smallest absolute Gasteiger partial charge is 0.255 e. The number of benzene rings is 1. The van der Waals surface area contributed by atoms with Crippen LogP contribution in [0.5, 0.6) is 0 Å². The molecule has 0 unspecified atom stereocenters. The van der Waals surface area contributed by atoms with E-state index in [1.807, 2.05) is 0 Å². The molecule has 0 aliphatic rings. The Labute approximate surface area is 96.5 Å². The quantitative estimate of drug-likeness (QED) is 0.778. The molecule has 1 N–H and O–H groups in total. The van der Waals surface area contributed by atoms with Gasteiger partial charge in [0.05, 0.1) is 18.8 Å². The van der Waals surface area contributed by atoms with Crippen molar-refractivity contribution in [2.24, 2.45) is 0 Å². The van der Waals surface area contributed by atoms with E-state index < -0.39 is 25.4 Å². The summed E-state index contributed by atoms with van der Waals surface area (Å²) in [5.41, 5.74) is -0.212. The lowest BCUT2D eigenvalue weighted by Gasteiger charge is -2.25. The maximum atomic E-state index is 13.5. The fourth-order valence-corrected chi connectivity index (χ4v) is 1.54. The lowest BCUT2D eigenvalue weighted by Crippen LogP contribution is -2.33. The number of nitrogens with zero attached hydrogens (tertiary/aromatic N) is 1. The fourth-order valence-electron chi connectivity index (χ4n) is 1.54. The second-order valence-electron chi connectivity index (χ2n) is 3.36. The van der Waals surface area contributed by atoms with Crippen LogP contribution in [0.4, 0.5) is 18.9 Å². The summed E-state index contributed by atoms with van der Waals surface area (Å²) in [4.78, 5) is 11.7. The third kappa shape index (κ3) is 3.45. The van der Waals surface area contributed by atoms with E-state index in [9.17, 15) is 18.0 Å². The van der Waals surface area contributed by atoms with Gasteiger partial charge in [0.25, 0.3) is 6.43 Å². The molecule has 0 aromatic heterocycles. The highest BCUT2D eigenvalue weighted by Crippen LogP contribution is 2.23. The first kappa shape index (κ1) is 13.5. The van der Waals surface area contributed by atoms with Gasteiger partial charge in [0.1, 0.15) is 5.82 Å². The third-order valence-corrected chi connectivity index (χ3v) is 2.19. The maximum absolute atomic E-state index is 13.5. The Bertz CT molecular complexity index is 385.